The SMILES string of the molecule is CCCC1=C([C@H](O)CC/C(C)=C/c2cccc(O)c2)[C@H](CO)[C@@H]2C(=O)N(c3cccc([N+](=O)[O-])c3)C(=O)[C@@H]2C1. The molecule has 4 atom stereocenters. The topological polar surface area (TPSA) is 141 Å². The van der Waals surface area contributed by atoms with E-state index in [0.717, 1.165) is 28.0 Å². The molecule has 0 radical (unpaired) electrons. The van der Waals surface area contributed by atoms with Crippen LogP contribution in [0.2, 0.25) is 0 Å². The third-order valence-electron chi connectivity index (χ3n) is 7.69. The summed E-state index contributed by atoms with van der Waals surface area (Å²) in [4.78, 5) is 38.8. The molecule has 1 fully saturated rings. The standard InChI is InChI=1S/C30H34N2O7/c1-3-6-20-15-24-28(30(37)31(29(24)36)21-8-5-9-22(16-21)32(38)39)25(17-33)27(20)26(35)12-11-18(2)13-19-7-4-10-23(34)14-19/h4-5,7-10,13-14,16,24-26,28,33-35H,3,6,11-12,15,17H2,1-2H3/b18-13+/t24-,25+,26-,28-/m1/s1. The molecule has 0 saturated carbocycles. The summed E-state index contributed by atoms with van der Waals surface area (Å²) in [5.74, 6) is -3.05. The minimum atomic E-state index is -0.910. The van der Waals surface area contributed by atoms with Gasteiger partial charge in [0.25, 0.3) is 5.69 Å². The lowest BCUT2D eigenvalue weighted by Crippen LogP contribution is -2.39. The largest absolute Gasteiger partial charge is 0.508 e. The van der Waals surface area contributed by atoms with E-state index in [-0.39, 0.29) is 17.1 Å². The second-order valence-electron chi connectivity index (χ2n) is 10.4. The van der Waals surface area contributed by atoms with Gasteiger partial charge in [0.1, 0.15) is 5.75 Å². The van der Waals surface area contributed by atoms with Gasteiger partial charge >= 0.3 is 0 Å². The minimum Gasteiger partial charge on any atom is -0.508 e. The van der Waals surface area contributed by atoms with Gasteiger partial charge < -0.3 is 15.3 Å². The van der Waals surface area contributed by atoms with Crippen molar-refractivity contribution in [1.82, 2.24) is 0 Å². The molecule has 0 bridgehead atoms. The number of hydrogen-bond donors (Lipinski definition) is 3. The molecule has 9 nitrogen and oxygen atoms in total. The monoisotopic (exact) mass is 534 g/mol. The summed E-state index contributed by atoms with van der Waals surface area (Å²) in [6, 6.07) is 12.3. The number of allylic oxidation sites excluding steroid dienone is 2. The highest BCUT2D eigenvalue weighted by Crippen LogP contribution is 2.48. The van der Waals surface area contributed by atoms with Crippen LogP contribution in [0.5, 0.6) is 5.75 Å². The van der Waals surface area contributed by atoms with Crippen LogP contribution in [0.3, 0.4) is 0 Å². The van der Waals surface area contributed by atoms with Crippen molar-refractivity contribution in [1.29, 1.82) is 0 Å². The van der Waals surface area contributed by atoms with Gasteiger partial charge in [-0.2, -0.15) is 0 Å². The Bertz CT molecular complexity index is 1330. The zero-order chi connectivity index (χ0) is 28.3. The number of carbonyl (C=O) groups excluding carboxylic acids is 2. The summed E-state index contributed by atoms with van der Waals surface area (Å²) in [5.41, 5.74) is 3.28. The van der Waals surface area contributed by atoms with E-state index in [1.807, 2.05) is 26.0 Å². The van der Waals surface area contributed by atoms with Crippen molar-refractivity contribution in [2.75, 3.05) is 11.5 Å². The molecule has 39 heavy (non-hydrogen) atoms. The van der Waals surface area contributed by atoms with Gasteiger partial charge in [-0.3, -0.25) is 19.7 Å². The molecule has 206 valence electrons. The summed E-state index contributed by atoms with van der Waals surface area (Å²) in [5, 5.41) is 42.8. The van der Waals surface area contributed by atoms with Gasteiger partial charge in [0.2, 0.25) is 11.8 Å². The maximum atomic E-state index is 13.6. The van der Waals surface area contributed by atoms with E-state index >= 15 is 0 Å². The number of phenolic OH excluding ortho intramolecular Hbond substituents is 1. The van der Waals surface area contributed by atoms with E-state index in [9.17, 15) is 35.0 Å². The van der Waals surface area contributed by atoms with Crippen LogP contribution < -0.4 is 4.90 Å². The van der Waals surface area contributed by atoms with Crippen molar-refractivity contribution >= 4 is 29.3 Å². The quantitative estimate of drug-likeness (QED) is 0.173. The van der Waals surface area contributed by atoms with Gasteiger partial charge in [-0.1, -0.05) is 48.8 Å². The Morgan fingerprint density at radius 1 is 1.18 bits per heavy atom. The lowest BCUT2D eigenvalue weighted by Gasteiger charge is -2.36. The molecule has 1 heterocycles. The van der Waals surface area contributed by atoms with E-state index < -0.39 is 47.2 Å². The first-order valence-corrected chi connectivity index (χ1v) is 13.2. The molecule has 0 unspecified atom stereocenters. The number of nitro benzene ring substituents is 1. The Morgan fingerprint density at radius 2 is 1.92 bits per heavy atom. The van der Waals surface area contributed by atoms with Crippen LogP contribution in [0.4, 0.5) is 11.4 Å². The van der Waals surface area contributed by atoms with Gasteiger partial charge in [0.15, 0.2) is 0 Å². The molecule has 2 aromatic rings. The molecular weight excluding hydrogens is 500 g/mol. The van der Waals surface area contributed by atoms with E-state index in [0.29, 0.717) is 31.3 Å². The van der Waals surface area contributed by atoms with Crippen molar-refractivity contribution in [2.45, 2.75) is 52.1 Å². The normalized spacial score (nSPS) is 22.3. The predicted molar refractivity (Wildman–Crippen MR) is 147 cm³/mol. The molecule has 1 aliphatic carbocycles. The number of rotatable bonds is 10. The third kappa shape index (κ3) is 5.79. The van der Waals surface area contributed by atoms with Crippen molar-refractivity contribution in [3.05, 3.63) is 80.9 Å². The first kappa shape index (κ1) is 28.2. The number of aromatic hydroxyl groups is 1. The van der Waals surface area contributed by atoms with Crippen molar-refractivity contribution in [3.8, 4) is 5.75 Å². The lowest BCUT2D eigenvalue weighted by atomic mass is 9.67. The molecule has 1 saturated heterocycles. The van der Waals surface area contributed by atoms with Gasteiger partial charge in [0, 0.05) is 18.1 Å². The summed E-state index contributed by atoms with van der Waals surface area (Å²) in [6.45, 7) is 3.53. The molecule has 9 heteroatoms. The number of carbonyl (C=O) groups is 2. The Morgan fingerprint density at radius 3 is 2.59 bits per heavy atom. The first-order chi connectivity index (χ1) is 18.7. The molecule has 3 N–H and O–H groups in total. The summed E-state index contributed by atoms with van der Waals surface area (Å²) < 4.78 is 0. The van der Waals surface area contributed by atoms with E-state index in [4.69, 9.17) is 0 Å². The highest BCUT2D eigenvalue weighted by Gasteiger charge is 2.55. The number of benzene rings is 2. The molecule has 0 aromatic heterocycles. The van der Waals surface area contributed by atoms with E-state index in [2.05, 4.69) is 0 Å². The fraction of sp³-hybridized carbons (Fsp3) is 0.400. The Labute approximate surface area is 227 Å². The zero-order valence-electron chi connectivity index (χ0n) is 22.1. The number of imide groups is 1. The number of hydrogen-bond acceptors (Lipinski definition) is 7. The molecule has 2 aromatic carbocycles. The number of nitrogens with zero attached hydrogens (tertiary/aromatic N) is 2. The summed E-state index contributed by atoms with van der Waals surface area (Å²) >= 11 is 0. The maximum absolute atomic E-state index is 13.6. The number of anilines is 1. The Kier molecular flexibility index (Phi) is 8.62. The zero-order valence-corrected chi connectivity index (χ0v) is 22.1. The van der Waals surface area contributed by atoms with Gasteiger partial charge in [-0.15, -0.1) is 0 Å². The van der Waals surface area contributed by atoms with Gasteiger partial charge in [-0.05, 0) is 61.9 Å². The molecule has 4 rings (SSSR count). The number of phenols is 1. The average Bonchev–Trinajstić information content (AvgIpc) is 3.15. The lowest BCUT2D eigenvalue weighted by molar-refractivity contribution is -0.384. The van der Waals surface area contributed by atoms with Crippen LogP contribution in [0.15, 0.2) is 65.3 Å². The van der Waals surface area contributed by atoms with Crippen molar-refractivity contribution in [3.63, 3.8) is 0 Å². The first-order valence-electron chi connectivity index (χ1n) is 13.2. The molecule has 2 aliphatic rings. The maximum Gasteiger partial charge on any atom is 0.271 e. The van der Waals surface area contributed by atoms with Crippen LogP contribution in [0, 0.1) is 27.9 Å². The van der Waals surface area contributed by atoms with Crippen LogP contribution >= 0.6 is 0 Å². The van der Waals surface area contributed by atoms with Crippen LogP contribution in [-0.4, -0.2) is 44.8 Å². The van der Waals surface area contributed by atoms with Crippen LogP contribution in [0.1, 0.15) is 51.5 Å². The van der Waals surface area contributed by atoms with Crippen LogP contribution in [-0.2, 0) is 9.59 Å². The summed E-state index contributed by atoms with van der Waals surface area (Å²) in [7, 11) is 0. The number of nitro groups is 1. The number of aliphatic hydroxyl groups is 2. The number of non-ortho nitro benzene ring substituents is 1. The van der Waals surface area contributed by atoms with Crippen molar-refractivity contribution in [2.24, 2.45) is 17.8 Å². The number of fused-ring (bicyclic) bond motifs is 1. The molecule has 1 aliphatic heterocycles. The number of amides is 2. The highest BCUT2D eigenvalue weighted by molar-refractivity contribution is 6.22. The average molecular weight is 535 g/mol. The smallest absolute Gasteiger partial charge is 0.271 e. The second kappa shape index (κ2) is 11.9. The Hall–Kier alpha value is -3.82. The van der Waals surface area contributed by atoms with E-state index in [1.165, 1.54) is 24.3 Å². The van der Waals surface area contributed by atoms with Crippen LogP contribution in [0.25, 0.3) is 6.08 Å². The third-order valence-corrected chi connectivity index (χ3v) is 7.69. The van der Waals surface area contributed by atoms with E-state index in [1.54, 1.807) is 18.2 Å². The Balaban J connectivity index is 1.60. The second-order valence-corrected chi connectivity index (χ2v) is 10.4. The minimum absolute atomic E-state index is 0.136. The molecular formula is C30H34N2O7. The highest BCUT2D eigenvalue weighted by atomic mass is 16.6. The van der Waals surface area contributed by atoms with Crippen molar-refractivity contribution < 1.29 is 29.8 Å². The van der Waals surface area contributed by atoms with Gasteiger partial charge in [-0.25, -0.2) is 4.90 Å². The fourth-order valence-corrected chi connectivity index (χ4v) is 5.99. The molecule has 2 amide bonds. The fourth-order valence-electron chi connectivity index (χ4n) is 5.99. The predicted octanol–water partition coefficient (Wildman–Crippen LogP) is 4.76. The molecule has 0 spiro atoms. The van der Waals surface area contributed by atoms with Gasteiger partial charge in [0.05, 0.1) is 35.2 Å². The summed E-state index contributed by atoms with van der Waals surface area (Å²) in [6.07, 6.45) is 3.65. The number of aliphatic hydroxyl groups excluding tert-OH is 2.